The Bertz CT molecular complexity index is 746. The maximum Gasteiger partial charge on any atom is 0.308 e. The van der Waals surface area contributed by atoms with Gasteiger partial charge in [-0.25, -0.2) is 4.98 Å². The number of nitrogen functional groups attached to an aromatic ring is 1. The van der Waals surface area contributed by atoms with E-state index < -0.39 is 0 Å². The van der Waals surface area contributed by atoms with Gasteiger partial charge in [0, 0.05) is 17.8 Å². The predicted octanol–water partition coefficient (Wildman–Crippen LogP) is 4.08. The van der Waals surface area contributed by atoms with Crippen molar-refractivity contribution < 1.29 is 9.53 Å². The van der Waals surface area contributed by atoms with Gasteiger partial charge in [-0.1, -0.05) is 45.7 Å². The van der Waals surface area contributed by atoms with Crippen LogP contribution in [0.3, 0.4) is 0 Å². The number of para-hydroxylation sites is 1. The monoisotopic (exact) mass is 358 g/mol. The van der Waals surface area contributed by atoms with Gasteiger partial charge in [0.25, 0.3) is 0 Å². The van der Waals surface area contributed by atoms with E-state index in [1.165, 1.54) is 0 Å². The number of ether oxygens (including phenoxy) is 1. The van der Waals surface area contributed by atoms with Crippen molar-refractivity contribution in [3.63, 3.8) is 0 Å². The quantitative estimate of drug-likeness (QED) is 0.656. The van der Waals surface area contributed by atoms with Crippen LogP contribution < -0.4 is 11.1 Å². The summed E-state index contributed by atoms with van der Waals surface area (Å²) in [5.74, 6) is 0.736. The first-order valence-corrected chi connectivity index (χ1v) is 9.38. The van der Waals surface area contributed by atoms with Crippen molar-refractivity contribution in [2.45, 2.75) is 59.4 Å². The Morgan fingerprint density at radius 3 is 2.73 bits per heavy atom. The Kier molecular flexibility index (Phi) is 7.18. The van der Waals surface area contributed by atoms with E-state index in [1.807, 2.05) is 39.0 Å². The van der Waals surface area contributed by atoms with E-state index in [9.17, 15) is 4.79 Å². The molecule has 0 bridgehead atoms. The van der Waals surface area contributed by atoms with E-state index in [1.54, 1.807) is 0 Å². The molecule has 6 nitrogen and oxygen atoms in total. The Balaban J connectivity index is 2.16. The van der Waals surface area contributed by atoms with Crippen LogP contribution in [0.5, 0.6) is 0 Å². The number of unbranched alkanes of at least 4 members (excludes halogenated alkanes) is 1. The molecule has 0 aliphatic carbocycles. The molecule has 3 N–H and O–H groups in total. The fourth-order valence-corrected chi connectivity index (χ4v) is 2.82. The van der Waals surface area contributed by atoms with Gasteiger partial charge < -0.3 is 15.8 Å². The Labute approximate surface area is 155 Å². The second-order valence-corrected chi connectivity index (χ2v) is 7.00. The predicted molar refractivity (Wildman–Crippen MR) is 106 cm³/mol. The zero-order valence-corrected chi connectivity index (χ0v) is 16.2. The molecule has 0 aliphatic rings. The summed E-state index contributed by atoms with van der Waals surface area (Å²) < 4.78 is 5.35. The first kappa shape index (κ1) is 19.9. The first-order valence-electron chi connectivity index (χ1n) is 9.38. The molecule has 2 rings (SSSR count). The average Bonchev–Trinajstić information content (AvgIpc) is 2.60. The van der Waals surface area contributed by atoms with Crippen molar-refractivity contribution >= 4 is 28.6 Å². The van der Waals surface area contributed by atoms with E-state index in [2.05, 4.69) is 22.2 Å². The third-order valence-corrected chi connectivity index (χ3v) is 4.37. The summed E-state index contributed by atoms with van der Waals surface area (Å²) >= 11 is 0. The van der Waals surface area contributed by atoms with Gasteiger partial charge in [-0.05, 0) is 25.0 Å². The highest BCUT2D eigenvalue weighted by molar-refractivity contribution is 5.92. The van der Waals surface area contributed by atoms with Crippen LogP contribution in [-0.2, 0) is 9.53 Å². The smallest absolute Gasteiger partial charge is 0.308 e. The number of carbonyl (C=O) groups is 1. The molecule has 1 atom stereocenters. The van der Waals surface area contributed by atoms with Gasteiger partial charge in [-0.3, -0.25) is 4.79 Å². The summed E-state index contributed by atoms with van der Waals surface area (Å²) in [5.41, 5.74) is 7.84. The molecule has 1 heterocycles. The van der Waals surface area contributed by atoms with Crippen molar-refractivity contribution in [2.24, 2.45) is 5.92 Å². The molecule has 0 radical (unpaired) electrons. The SMILES string of the molecule is CCCC[C@H](CCOC(=O)C(C)C)Nc1nc(N)nc2c(C)cccc12. The number of esters is 1. The average molecular weight is 358 g/mol. The van der Waals surface area contributed by atoms with E-state index in [0.717, 1.165) is 48.0 Å². The van der Waals surface area contributed by atoms with Crippen molar-refractivity contribution in [3.05, 3.63) is 23.8 Å². The van der Waals surface area contributed by atoms with Crippen molar-refractivity contribution in [1.29, 1.82) is 0 Å². The van der Waals surface area contributed by atoms with E-state index in [-0.39, 0.29) is 23.9 Å². The molecule has 142 valence electrons. The zero-order chi connectivity index (χ0) is 19.1. The van der Waals surface area contributed by atoms with Crippen LogP contribution in [0, 0.1) is 12.8 Å². The van der Waals surface area contributed by atoms with Crippen LogP contribution in [0.1, 0.15) is 52.0 Å². The number of carbonyl (C=O) groups excluding carboxylic acids is 1. The van der Waals surface area contributed by atoms with Crippen LogP contribution >= 0.6 is 0 Å². The van der Waals surface area contributed by atoms with Gasteiger partial charge >= 0.3 is 5.97 Å². The Hall–Kier alpha value is -2.37. The number of hydrogen-bond acceptors (Lipinski definition) is 6. The second kappa shape index (κ2) is 9.36. The van der Waals surface area contributed by atoms with Gasteiger partial charge in [-0.2, -0.15) is 4.98 Å². The van der Waals surface area contributed by atoms with Crippen LogP contribution in [0.15, 0.2) is 18.2 Å². The fraction of sp³-hybridized carbons (Fsp3) is 0.550. The lowest BCUT2D eigenvalue weighted by molar-refractivity contribution is -0.147. The fourth-order valence-electron chi connectivity index (χ4n) is 2.82. The van der Waals surface area contributed by atoms with Crippen molar-refractivity contribution in [3.8, 4) is 0 Å². The summed E-state index contributed by atoms with van der Waals surface area (Å²) in [5, 5.41) is 4.46. The lowest BCUT2D eigenvalue weighted by Crippen LogP contribution is -2.24. The summed E-state index contributed by atoms with van der Waals surface area (Å²) in [6.07, 6.45) is 3.91. The maximum absolute atomic E-state index is 11.7. The lowest BCUT2D eigenvalue weighted by Gasteiger charge is -2.21. The van der Waals surface area contributed by atoms with E-state index in [4.69, 9.17) is 10.5 Å². The summed E-state index contributed by atoms with van der Waals surface area (Å²) in [6, 6.07) is 6.17. The third kappa shape index (κ3) is 5.31. The minimum atomic E-state index is -0.161. The van der Waals surface area contributed by atoms with Gasteiger partial charge in [-0.15, -0.1) is 0 Å². The van der Waals surface area contributed by atoms with Crippen molar-refractivity contribution in [1.82, 2.24) is 9.97 Å². The Morgan fingerprint density at radius 2 is 2.04 bits per heavy atom. The third-order valence-electron chi connectivity index (χ3n) is 4.37. The largest absolute Gasteiger partial charge is 0.465 e. The summed E-state index contributed by atoms with van der Waals surface area (Å²) in [4.78, 5) is 20.5. The molecule has 26 heavy (non-hydrogen) atoms. The van der Waals surface area contributed by atoms with Crippen LogP contribution in [0.2, 0.25) is 0 Å². The minimum Gasteiger partial charge on any atom is -0.465 e. The second-order valence-electron chi connectivity index (χ2n) is 7.00. The molecule has 6 heteroatoms. The lowest BCUT2D eigenvalue weighted by atomic mass is 10.1. The highest BCUT2D eigenvalue weighted by Crippen LogP contribution is 2.25. The van der Waals surface area contributed by atoms with E-state index in [0.29, 0.717) is 6.61 Å². The van der Waals surface area contributed by atoms with E-state index >= 15 is 0 Å². The number of benzene rings is 1. The number of anilines is 2. The molecule has 0 unspecified atom stereocenters. The number of fused-ring (bicyclic) bond motifs is 1. The molecular formula is C20H30N4O2. The topological polar surface area (TPSA) is 90.1 Å². The molecule has 0 fully saturated rings. The normalized spacial score (nSPS) is 12.3. The molecule has 1 aromatic carbocycles. The maximum atomic E-state index is 11.7. The zero-order valence-electron chi connectivity index (χ0n) is 16.2. The number of nitrogens with one attached hydrogen (secondary N) is 1. The number of nitrogens with zero attached hydrogens (tertiary/aromatic N) is 2. The highest BCUT2D eigenvalue weighted by Gasteiger charge is 2.15. The van der Waals surface area contributed by atoms with Gasteiger partial charge in [0.05, 0.1) is 18.0 Å². The van der Waals surface area contributed by atoms with Gasteiger partial charge in [0.15, 0.2) is 0 Å². The number of nitrogens with two attached hydrogens (primary N) is 1. The van der Waals surface area contributed by atoms with Crippen LogP contribution in [0.4, 0.5) is 11.8 Å². The highest BCUT2D eigenvalue weighted by atomic mass is 16.5. The molecule has 0 spiro atoms. The van der Waals surface area contributed by atoms with Crippen LogP contribution in [-0.4, -0.2) is 28.6 Å². The summed E-state index contributed by atoms with van der Waals surface area (Å²) in [7, 11) is 0. The number of aromatic nitrogens is 2. The van der Waals surface area contributed by atoms with Crippen LogP contribution in [0.25, 0.3) is 10.9 Å². The molecular weight excluding hydrogens is 328 g/mol. The first-order chi connectivity index (χ1) is 12.4. The molecule has 0 amide bonds. The Morgan fingerprint density at radius 1 is 1.27 bits per heavy atom. The minimum absolute atomic E-state index is 0.106. The van der Waals surface area contributed by atoms with Gasteiger partial charge in [0.2, 0.25) is 5.95 Å². The van der Waals surface area contributed by atoms with Gasteiger partial charge in [0.1, 0.15) is 5.82 Å². The molecule has 0 aliphatic heterocycles. The standard InChI is InChI=1S/C20H30N4O2/c1-5-6-9-15(11-12-26-19(25)13(2)3)22-18-16-10-7-8-14(4)17(16)23-20(21)24-18/h7-8,10,13,15H,5-6,9,11-12H2,1-4H3,(H3,21,22,23,24)/t15-/m1/s1. The molecule has 0 saturated heterocycles. The summed E-state index contributed by atoms with van der Waals surface area (Å²) in [6.45, 7) is 8.26. The number of rotatable bonds is 9. The number of hydrogen-bond donors (Lipinski definition) is 2. The molecule has 1 aromatic heterocycles. The molecule has 2 aromatic rings. The molecule has 0 saturated carbocycles. The van der Waals surface area contributed by atoms with Crippen molar-refractivity contribution in [2.75, 3.05) is 17.7 Å². The number of aryl methyl sites for hydroxylation is 1.